The maximum atomic E-state index is 11.9. The van der Waals surface area contributed by atoms with Crippen molar-refractivity contribution in [2.75, 3.05) is 11.9 Å². The van der Waals surface area contributed by atoms with Crippen molar-refractivity contribution in [1.82, 2.24) is 0 Å². The number of carboxylic acids is 1. The molecule has 2 N–H and O–H groups in total. The van der Waals surface area contributed by atoms with Gasteiger partial charge in [-0.05, 0) is 12.1 Å². The Hall–Kier alpha value is -3.22. The highest BCUT2D eigenvalue weighted by Gasteiger charge is 2.18. The molecular formula is C15H12N2O5. The number of Topliss-reactive ketones (excluding diaryl/α,β-unsaturated/α-hetero) is 1. The molecule has 112 valence electrons. The van der Waals surface area contributed by atoms with E-state index in [1.807, 2.05) is 0 Å². The van der Waals surface area contributed by atoms with Crippen molar-refractivity contribution < 1.29 is 19.6 Å². The van der Waals surface area contributed by atoms with Crippen molar-refractivity contribution in [1.29, 1.82) is 0 Å². The fourth-order valence-corrected chi connectivity index (χ4v) is 1.87. The number of carboxylic acid groups (broad SMARTS) is 1. The van der Waals surface area contributed by atoms with Gasteiger partial charge in [-0.3, -0.25) is 14.9 Å². The molecule has 7 nitrogen and oxygen atoms in total. The first kappa shape index (κ1) is 15.2. The van der Waals surface area contributed by atoms with Gasteiger partial charge in [0.1, 0.15) is 5.69 Å². The highest BCUT2D eigenvalue weighted by atomic mass is 16.6. The van der Waals surface area contributed by atoms with E-state index in [0.29, 0.717) is 5.56 Å². The van der Waals surface area contributed by atoms with Crippen LogP contribution in [0.25, 0.3) is 0 Å². The van der Waals surface area contributed by atoms with E-state index < -0.39 is 10.9 Å². The monoisotopic (exact) mass is 300 g/mol. The number of carbonyl (C=O) groups is 2. The van der Waals surface area contributed by atoms with E-state index in [1.165, 1.54) is 12.1 Å². The molecule has 0 unspecified atom stereocenters. The normalized spacial score (nSPS) is 10.0. The summed E-state index contributed by atoms with van der Waals surface area (Å²) < 4.78 is 0. The number of hydrogen-bond donors (Lipinski definition) is 2. The topological polar surface area (TPSA) is 110 Å². The van der Waals surface area contributed by atoms with Crippen molar-refractivity contribution in [3.63, 3.8) is 0 Å². The second-order valence-corrected chi connectivity index (χ2v) is 4.44. The lowest BCUT2D eigenvalue weighted by Crippen LogP contribution is -2.15. The van der Waals surface area contributed by atoms with Gasteiger partial charge in [0.25, 0.3) is 5.69 Å². The van der Waals surface area contributed by atoms with Crippen molar-refractivity contribution in [3.05, 3.63) is 69.8 Å². The zero-order valence-electron chi connectivity index (χ0n) is 11.4. The highest BCUT2D eigenvalue weighted by molar-refractivity contribution is 5.99. The Kier molecular flexibility index (Phi) is 4.47. The molecule has 0 aliphatic rings. The maximum absolute atomic E-state index is 11.9. The van der Waals surface area contributed by atoms with Crippen molar-refractivity contribution >= 4 is 23.1 Å². The molecule has 0 aliphatic carbocycles. The van der Waals surface area contributed by atoms with E-state index >= 15 is 0 Å². The number of benzene rings is 2. The Morgan fingerprint density at radius 2 is 1.77 bits per heavy atom. The van der Waals surface area contributed by atoms with E-state index in [0.717, 1.165) is 6.07 Å². The van der Waals surface area contributed by atoms with E-state index in [2.05, 4.69) is 5.32 Å². The van der Waals surface area contributed by atoms with Crippen molar-refractivity contribution in [3.8, 4) is 0 Å². The van der Waals surface area contributed by atoms with Crippen LogP contribution in [0.5, 0.6) is 0 Å². The van der Waals surface area contributed by atoms with Crippen LogP contribution in [0, 0.1) is 10.1 Å². The molecule has 0 radical (unpaired) electrons. The summed E-state index contributed by atoms with van der Waals surface area (Å²) in [5.41, 5.74) is 0.00601. The minimum absolute atomic E-state index is 0.0966. The zero-order valence-corrected chi connectivity index (χ0v) is 11.4. The van der Waals surface area contributed by atoms with Crippen LogP contribution >= 0.6 is 0 Å². The molecule has 0 heterocycles. The predicted molar refractivity (Wildman–Crippen MR) is 79.3 cm³/mol. The van der Waals surface area contributed by atoms with Gasteiger partial charge in [-0.2, -0.15) is 0 Å². The third kappa shape index (κ3) is 3.45. The van der Waals surface area contributed by atoms with Gasteiger partial charge in [0, 0.05) is 11.6 Å². The fourth-order valence-electron chi connectivity index (χ4n) is 1.87. The molecule has 2 aromatic carbocycles. The van der Waals surface area contributed by atoms with Crippen LogP contribution in [0.15, 0.2) is 48.5 Å². The molecule has 0 bridgehead atoms. The Morgan fingerprint density at radius 3 is 2.36 bits per heavy atom. The number of rotatable bonds is 6. The lowest BCUT2D eigenvalue weighted by Gasteiger charge is -2.07. The maximum Gasteiger partial charge on any atom is 0.335 e. The van der Waals surface area contributed by atoms with Crippen LogP contribution in [0.3, 0.4) is 0 Å². The summed E-state index contributed by atoms with van der Waals surface area (Å²) in [5.74, 6) is -1.48. The summed E-state index contributed by atoms with van der Waals surface area (Å²) in [6, 6.07) is 12.0. The van der Waals surface area contributed by atoms with Gasteiger partial charge in [-0.15, -0.1) is 0 Å². The van der Waals surface area contributed by atoms with E-state index in [9.17, 15) is 19.7 Å². The van der Waals surface area contributed by atoms with Gasteiger partial charge in [0.05, 0.1) is 17.0 Å². The number of nitro benzene ring substituents is 1. The van der Waals surface area contributed by atoms with Gasteiger partial charge >= 0.3 is 5.97 Å². The average Bonchev–Trinajstić information content (AvgIpc) is 2.53. The Bertz CT molecular complexity index is 728. The number of ketones is 1. The predicted octanol–water partition coefficient (Wildman–Crippen LogP) is 2.59. The van der Waals surface area contributed by atoms with Gasteiger partial charge in [-0.25, -0.2) is 4.79 Å². The van der Waals surface area contributed by atoms with Crippen LogP contribution in [-0.4, -0.2) is 28.3 Å². The van der Waals surface area contributed by atoms with Crippen molar-refractivity contribution in [2.24, 2.45) is 0 Å². The minimum Gasteiger partial charge on any atom is -0.478 e. The number of nitrogens with zero attached hydrogens (tertiary/aromatic N) is 1. The molecule has 0 aromatic heterocycles. The third-order valence-electron chi connectivity index (χ3n) is 2.98. The van der Waals surface area contributed by atoms with Crippen LogP contribution in [-0.2, 0) is 0 Å². The largest absolute Gasteiger partial charge is 0.478 e. The molecule has 0 spiro atoms. The summed E-state index contributed by atoms with van der Waals surface area (Å²) in [6.07, 6.45) is 0. The lowest BCUT2D eigenvalue weighted by molar-refractivity contribution is -0.384. The molecule has 2 rings (SSSR count). The smallest absolute Gasteiger partial charge is 0.335 e. The quantitative estimate of drug-likeness (QED) is 0.482. The molecule has 2 aromatic rings. The second-order valence-electron chi connectivity index (χ2n) is 4.44. The Labute approximate surface area is 125 Å². The van der Waals surface area contributed by atoms with Gasteiger partial charge in [0.15, 0.2) is 5.78 Å². The van der Waals surface area contributed by atoms with Crippen molar-refractivity contribution in [2.45, 2.75) is 0 Å². The SMILES string of the molecule is O=C(O)c1ccc(NCC(=O)c2ccccc2)c([N+](=O)[O-])c1. The second kappa shape index (κ2) is 6.49. The Balaban J connectivity index is 2.17. The summed E-state index contributed by atoms with van der Waals surface area (Å²) >= 11 is 0. The van der Waals surface area contributed by atoms with Gasteiger partial charge < -0.3 is 10.4 Å². The van der Waals surface area contributed by atoms with E-state index in [4.69, 9.17) is 5.11 Å². The molecular weight excluding hydrogens is 288 g/mol. The molecule has 0 saturated carbocycles. The molecule has 0 aliphatic heterocycles. The average molecular weight is 300 g/mol. The van der Waals surface area contributed by atoms with Crippen LogP contribution in [0.4, 0.5) is 11.4 Å². The summed E-state index contributed by atoms with van der Waals surface area (Å²) in [4.78, 5) is 33.1. The standard InChI is InChI=1S/C15H12N2O5/c18-14(10-4-2-1-3-5-10)9-16-12-7-6-11(15(19)20)8-13(12)17(21)22/h1-8,16H,9H2,(H,19,20). The number of hydrogen-bond acceptors (Lipinski definition) is 5. The number of anilines is 1. The summed E-state index contributed by atoms with van der Waals surface area (Å²) in [6.45, 7) is -0.128. The van der Waals surface area contributed by atoms with Crippen LogP contribution in [0.1, 0.15) is 20.7 Å². The minimum atomic E-state index is -1.25. The Morgan fingerprint density at radius 1 is 1.09 bits per heavy atom. The molecule has 0 fully saturated rings. The van der Waals surface area contributed by atoms with Crippen LogP contribution < -0.4 is 5.32 Å². The number of aromatic carboxylic acids is 1. The molecule has 7 heteroatoms. The number of nitrogens with one attached hydrogen (secondary N) is 1. The molecule has 0 atom stereocenters. The first-order valence-corrected chi connectivity index (χ1v) is 6.33. The number of nitro groups is 1. The molecule has 22 heavy (non-hydrogen) atoms. The first-order chi connectivity index (χ1) is 10.5. The molecule has 0 saturated heterocycles. The lowest BCUT2D eigenvalue weighted by atomic mass is 10.1. The fraction of sp³-hybridized carbons (Fsp3) is 0.0667. The molecule has 0 amide bonds. The van der Waals surface area contributed by atoms with Crippen LogP contribution in [0.2, 0.25) is 0 Å². The summed E-state index contributed by atoms with van der Waals surface area (Å²) in [7, 11) is 0. The first-order valence-electron chi connectivity index (χ1n) is 6.33. The highest BCUT2D eigenvalue weighted by Crippen LogP contribution is 2.25. The third-order valence-corrected chi connectivity index (χ3v) is 2.98. The number of carbonyl (C=O) groups excluding carboxylic acids is 1. The van der Waals surface area contributed by atoms with Gasteiger partial charge in [0.2, 0.25) is 0 Å². The van der Waals surface area contributed by atoms with Gasteiger partial charge in [-0.1, -0.05) is 30.3 Å². The zero-order chi connectivity index (χ0) is 16.1. The van der Waals surface area contributed by atoms with E-state index in [-0.39, 0.29) is 29.3 Å². The van der Waals surface area contributed by atoms with E-state index in [1.54, 1.807) is 30.3 Å². The summed E-state index contributed by atoms with van der Waals surface area (Å²) in [5, 5.41) is 22.5.